The van der Waals surface area contributed by atoms with Gasteiger partial charge in [0, 0.05) is 0 Å². The van der Waals surface area contributed by atoms with E-state index in [0.717, 1.165) is 19.3 Å². The van der Waals surface area contributed by atoms with Crippen molar-refractivity contribution in [1.29, 1.82) is 0 Å². The minimum atomic E-state index is -4.46. The smallest absolute Gasteiger partial charge is 0.292 e. The lowest BCUT2D eigenvalue weighted by molar-refractivity contribution is -0.324. The Labute approximate surface area is 110 Å². The van der Waals surface area contributed by atoms with Crippen molar-refractivity contribution in [2.24, 2.45) is 0 Å². The van der Waals surface area contributed by atoms with Crippen molar-refractivity contribution in [3.63, 3.8) is 0 Å². The maximum Gasteiger partial charge on any atom is 0.522 e. The highest BCUT2D eigenvalue weighted by Crippen LogP contribution is 2.17. The number of unbranched alkanes of at least 4 members (excludes halogenated alkanes) is 9. The van der Waals surface area contributed by atoms with Crippen LogP contribution in [0, 0.1) is 0 Å². The van der Waals surface area contributed by atoms with Crippen molar-refractivity contribution < 1.29 is 17.9 Å². The van der Waals surface area contributed by atoms with Gasteiger partial charge in [0.15, 0.2) is 0 Å². The molecule has 1 nitrogen and oxygen atoms in total. The van der Waals surface area contributed by atoms with E-state index in [2.05, 4.69) is 12.6 Å². The predicted molar refractivity (Wildman–Crippen MR) is 71.5 cm³/mol. The Morgan fingerprint density at radius 3 is 1.44 bits per heavy atom. The fourth-order valence-corrected chi connectivity index (χ4v) is 1.95. The number of hydrogen-bond donors (Lipinski definition) is 0. The topological polar surface area (TPSA) is 9.23 Å². The molecule has 0 bridgehead atoms. The van der Waals surface area contributed by atoms with Gasteiger partial charge < -0.3 is 0 Å². The van der Waals surface area contributed by atoms with Gasteiger partial charge >= 0.3 is 6.36 Å². The molecule has 0 unspecified atom stereocenters. The van der Waals surface area contributed by atoms with Crippen molar-refractivity contribution in [2.75, 3.05) is 6.61 Å². The summed E-state index contributed by atoms with van der Waals surface area (Å²) in [6.07, 6.45) is 8.11. The van der Waals surface area contributed by atoms with Crippen LogP contribution in [0.1, 0.15) is 64.2 Å². The summed E-state index contributed by atoms with van der Waals surface area (Å²) in [7, 11) is 2.21. The van der Waals surface area contributed by atoms with Crippen LogP contribution in [0.3, 0.4) is 0 Å². The average molecular weight is 266 g/mol. The molecule has 0 rings (SSSR count). The molecular weight excluding hydrogens is 240 g/mol. The van der Waals surface area contributed by atoms with Gasteiger partial charge in [-0.2, -0.15) is 0 Å². The second-order valence-corrected chi connectivity index (χ2v) is 4.83. The predicted octanol–water partition coefficient (Wildman–Crippen LogP) is 4.48. The molecule has 0 amide bonds. The van der Waals surface area contributed by atoms with E-state index in [4.69, 9.17) is 0 Å². The Morgan fingerprint density at radius 2 is 1.06 bits per heavy atom. The summed E-state index contributed by atoms with van der Waals surface area (Å²) in [6, 6.07) is 0. The summed E-state index contributed by atoms with van der Waals surface area (Å²) < 4.78 is 38.6. The number of halogens is 3. The van der Waals surface area contributed by atoms with Crippen LogP contribution in [0.4, 0.5) is 13.2 Å². The van der Waals surface area contributed by atoms with Gasteiger partial charge in [-0.1, -0.05) is 64.1 Å². The number of rotatable bonds is 12. The van der Waals surface area contributed by atoms with Gasteiger partial charge in [-0.25, -0.2) is 0 Å². The summed E-state index contributed by atoms with van der Waals surface area (Å²) >= 11 is 0. The third kappa shape index (κ3) is 15.8. The van der Waals surface area contributed by atoms with Crippen LogP contribution in [0.2, 0.25) is 6.32 Å². The second kappa shape index (κ2) is 11.9. The van der Waals surface area contributed by atoms with E-state index in [1.165, 1.54) is 44.8 Å². The molecule has 0 N–H and O–H groups in total. The molecule has 0 aliphatic rings. The first-order valence-corrected chi connectivity index (χ1v) is 7.27. The Hall–Kier alpha value is -0.185. The van der Waals surface area contributed by atoms with E-state index < -0.39 is 6.36 Å². The van der Waals surface area contributed by atoms with Crippen molar-refractivity contribution in [3.05, 3.63) is 0 Å². The molecule has 0 saturated heterocycles. The molecule has 5 heteroatoms. The quantitative estimate of drug-likeness (QED) is 0.374. The van der Waals surface area contributed by atoms with Crippen LogP contribution in [0.25, 0.3) is 0 Å². The van der Waals surface area contributed by atoms with Crippen LogP contribution < -0.4 is 0 Å². The summed E-state index contributed by atoms with van der Waals surface area (Å²) in [6.45, 7) is -0.194. The Kier molecular flexibility index (Phi) is 11.8. The van der Waals surface area contributed by atoms with E-state index in [9.17, 15) is 13.2 Å². The highest BCUT2D eigenvalue weighted by Gasteiger charge is 2.28. The van der Waals surface area contributed by atoms with E-state index in [1.54, 1.807) is 0 Å². The van der Waals surface area contributed by atoms with Gasteiger partial charge in [0.1, 0.15) is 7.85 Å². The number of alkyl halides is 3. The Bertz CT molecular complexity index is 174. The zero-order valence-electron chi connectivity index (χ0n) is 11.5. The van der Waals surface area contributed by atoms with Gasteiger partial charge in [0.2, 0.25) is 0 Å². The third-order valence-electron chi connectivity index (χ3n) is 3.01. The van der Waals surface area contributed by atoms with Crippen LogP contribution in [0.15, 0.2) is 0 Å². The molecule has 108 valence electrons. The van der Waals surface area contributed by atoms with Crippen molar-refractivity contribution in [3.8, 4) is 0 Å². The fraction of sp³-hybridized carbons (Fsp3) is 1.00. The van der Waals surface area contributed by atoms with Crippen LogP contribution in [-0.2, 0) is 4.74 Å². The standard InChI is InChI=1S/C13H26BF3O/c14-11-9-7-5-3-1-2-4-6-8-10-12-18-13(15,16)17/h1-12,14H2. The molecule has 0 aliphatic carbocycles. The lowest BCUT2D eigenvalue weighted by atomic mass is 9.98. The molecule has 0 radical (unpaired) electrons. The first kappa shape index (κ1) is 17.8. The van der Waals surface area contributed by atoms with Crippen molar-refractivity contribution in [1.82, 2.24) is 0 Å². The van der Waals surface area contributed by atoms with Crippen molar-refractivity contribution >= 4 is 7.85 Å². The molecule has 0 aromatic carbocycles. The van der Waals surface area contributed by atoms with E-state index in [0.29, 0.717) is 6.42 Å². The summed E-state index contributed by atoms with van der Waals surface area (Å²) in [5, 5.41) is 0. The molecule has 0 aromatic rings. The van der Waals surface area contributed by atoms with Crippen LogP contribution >= 0.6 is 0 Å². The zero-order valence-corrected chi connectivity index (χ0v) is 11.5. The van der Waals surface area contributed by atoms with Gasteiger partial charge in [0.05, 0.1) is 6.61 Å². The maximum atomic E-state index is 11.6. The average Bonchev–Trinajstić information content (AvgIpc) is 2.29. The summed E-state index contributed by atoms with van der Waals surface area (Å²) in [5.41, 5.74) is 0. The molecule has 0 atom stereocenters. The summed E-state index contributed by atoms with van der Waals surface area (Å²) in [4.78, 5) is 0. The van der Waals surface area contributed by atoms with Gasteiger partial charge in [-0.05, 0) is 6.42 Å². The molecule has 0 heterocycles. The highest BCUT2D eigenvalue weighted by atomic mass is 19.4. The molecule has 0 aliphatic heterocycles. The van der Waals surface area contributed by atoms with Gasteiger partial charge in [-0.3, -0.25) is 4.74 Å². The minimum absolute atomic E-state index is 0.194. The van der Waals surface area contributed by atoms with E-state index >= 15 is 0 Å². The van der Waals surface area contributed by atoms with E-state index in [-0.39, 0.29) is 6.61 Å². The van der Waals surface area contributed by atoms with Crippen LogP contribution in [0.5, 0.6) is 0 Å². The molecule has 0 fully saturated rings. The van der Waals surface area contributed by atoms with E-state index in [1.807, 2.05) is 0 Å². The van der Waals surface area contributed by atoms with Crippen molar-refractivity contribution in [2.45, 2.75) is 76.9 Å². The molecule has 0 saturated carbocycles. The largest absolute Gasteiger partial charge is 0.522 e. The van der Waals surface area contributed by atoms with Gasteiger partial charge in [0.25, 0.3) is 0 Å². The molecular formula is C13H26BF3O. The Morgan fingerprint density at radius 1 is 0.667 bits per heavy atom. The molecule has 0 aromatic heterocycles. The lowest BCUT2D eigenvalue weighted by Gasteiger charge is -2.06. The monoisotopic (exact) mass is 266 g/mol. The highest BCUT2D eigenvalue weighted by molar-refractivity contribution is 6.08. The zero-order chi connectivity index (χ0) is 13.7. The number of ether oxygens (including phenoxy) is 1. The maximum absolute atomic E-state index is 11.6. The summed E-state index contributed by atoms with van der Waals surface area (Å²) in [5.74, 6) is 0. The second-order valence-electron chi connectivity index (χ2n) is 4.83. The Balaban J connectivity index is 2.99. The van der Waals surface area contributed by atoms with Gasteiger partial charge in [-0.15, -0.1) is 13.2 Å². The normalized spacial score (nSPS) is 11.9. The molecule has 18 heavy (non-hydrogen) atoms. The lowest BCUT2D eigenvalue weighted by Crippen LogP contribution is -2.13. The third-order valence-corrected chi connectivity index (χ3v) is 3.01. The fourth-order valence-electron chi connectivity index (χ4n) is 1.95. The number of hydrogen-bond acceptors (Lipinski definition) is 1. The SMILES string of the molecule is BCCCCCCCCCCCCOC(F)(F)F. The van der Waals surface area contributed by atoms with Crippen LogP contribution in [-0.4, -0.2) is 20.8 Å². The first-order chi connectivity index (χ1) is 8.56. The minimum Gasteiger partial charge on any atom is -0.292 e. The first-order valence-electron chi connectivity index (χ1n) is 7.27. The molecule has 0 spiro atoms.